The molecule has 158 valence electrons. The van der Waals surface area contributed by atoms with Crippen LogP contribution in [0.5, 0.6) is 11.5 Å². The smallest absolute Gasteiger partial charge is 0.123 e. The molecule has 0 spiro atoms. The standard InChI is InChI=1S/C25H35NO3/c1-24(2,3)20-15-18(16-21(23(20)28)25(4,5)6)22(26-11-13-29-14-12-26)17-7-9-19(27)10-8-17/h7-10,15-16,22,27-28H,11-14H2,1-6H3/t22-/m0/s1. The van der Waals surface area contributed by atoms with Gasteiger partial charge >= 0.3 is 0 Å². The van der Waals surface area contributed by atoms with Crippen LogP contribution in [-0.4, -0.2) is 41.4 Å². The Morgan fingerprint density at radius 3 is 1.72 bits per heavy atom. The summed E-state index contributed by atoms with van der Waals surface area (Å²) in [6.07, 6.45) is 0. The van der Waals surface area contributed by atoms with Gasteiger partial charge in [-0.2, -0.15) is 0 Å². The van der Waals surface area contributed by atoms with Crippen molar-refractivity contribution in [1.29, 1.82) is 0 Å². The van der Waals surface area contributed by atoms with Gasteiger partial charge in [0.2, 0.25) is 0 Å². The fraction of sp³-hybridized carbons (Fsp3) is 0.520. The Kier molecular flexibility index (Phi) is 5.98. The van der Waals surface area contributed by atoms with E-state index in [0.717, 1.165) is 29.8 Å². The molecule has 1 atom stereocenters. The van der Waals surface area contributed by atoms with Crippen molar-refractivity contribution in [3.8, 4) is 11.5 Å². The van der Waals surface area contributed by atoms with E-state index < -0.39 is 0 Å². The number of phenols is 2. The van der Waals surface area contributed by atoms with Gasteiger partial charge in [-0.05, 0) is 57.3 Å². The van der Waals surface area contributed by atoms with E-state index in [2.05, 4.69) is 58.6 Å². The number of aromatic hydroxyl groups is 2. The molecule has 1 fully saturated rings. The van der Waals surface area contributed by atoms with Gasteiger partial charge in [-0.25, -0.2) is 0 Å². The van der Waals surface area contributed by atoms with Crippen LogP contribution < -0.4 is 0 Å². The highest BCUT2D eigenvalue weighted by Gasteiger charge is 2.31. The van der Waals surface area contributed by atoms with Crippen molar-refractivity contribution >= 4 is 0 Å². The minimum atomic E-state index is -0.176. The molecule has 0 unspecified atom stereocenters. The van der Waals surface area contributed by atoms with Crippen LogP contribution in [0, 0.1) is 0 Å². The molecule has 0 bridgehead atoms. The van der Waals surface area contributed by atoms with Gasteiger partial charge in [-0.1, -0.05) is 53.7 Å². The largest absolute Gasteiger partial charge is 0.508 e. The quantitative estimate of drug-likeness (QED) is 0.755. The molecule has 0 saturated carbocycles. The fourth-order valence-electron chi connectivity index (χ4n) is 4.06. The van der Waals surface area contributed by atoms with Crippen LogP contribution in [0.4, 0.5) is 0 Å². The van der Waals surface area contributed by atoms with Crippen LogP contribution in [0.25, 0.3) is 0 Å². The van der Waals surface area contributed by atoms with Crippen LogP contribution in [0.1, 0.15) is 69.8 Å². The third-order valence-electron chi connectivity index (χ3n) is 5.68. The Morgan fingerprint density at radius 1 is 0.793 bits per heavy atom. The molecule has 2 aromatic rings. The first-order chi connectivity index (χ1) is 13.5. The lowest BCUT2D eigenvalue weighted by atomic mass is 9.77. The van der Waals surface area contributed by atoms with E-state index in [-0.39, 0.29) is 22.6 Å². The van der Waals surface area contributed by atoms with Crippen molar-refractivity contribution in [2.45, 2.75) is 58.4 Å². The summed E-state index contributed by atoms with van der Waals surface area (Å²) in [4.78, 5) is 2.43. The molecular weight excluding hydrogens is 362 g/mol. The highest BCUT2D eigenvalue weighted by molar-refractivity contribution is 5.52. The summed E-state index contributed by atoms with van der Waals surface area (Å²) >= 11 is 0. The number of ether oxygens (including phenoxy) is 1. The number of benzene rings is 2. The molecule has 2 N–H and O–H groups in total. The average Bonchev–Trinajstić information content (AvgIpc) is 2.63. The summed E-state index contributed by atoms with van der Waals surface area (Å²) in [6.45, 7) is 16.0. The van der Waals surface area contributed by atoms with Gasteiger partial charge in [0.15, 0.2) is 0 Å². The van der Waals surface area contributed by atoms with E-state index in [1.807, 2.05) is 12.1 Å². The molecule has 1 heterocycles. The Balaban J connectivity index is 2.22. The predicted molar refractivity (Wildman–Crippen MR) is 118 cm³/mol. The maximum absolute atomic E-state index is 11.1. The van der Waals surface area contributed by atoms with E-state index in [1.165, 1.54) is 5.56 Å². The molecule has 1 aliphatic heterocycles. The number of morpholine rings is 1. The van der Waals surface area contributed by atoms with Gasteiger partial charge < -0.3 is 14.9 Å². The first kappa shape index (κ1) is 21.7. The summed E-state index contributed by atoms with van der Waals surface area (Å²) in [5.74, 6) is 0.672. The Labute approximate surface area is 175 Å². The minimum Gasteiger partial charge on any atom is -0.508 e. The van der Waals surface area contributed by atoms with Crippen LogP contribution in [0.2, 0.25) is 0 Å². The molecule has 2 aromatic carbocycles. The van der Waals surface area contributed by atoms with E-state index in [4.69, 9.17) is 4.74 Å². The Bertz CT molecular complexity index is 803. The zero-order valence-electron chi connectivity index (χ0n) is 18.6. The molecule has 29 heavy (non-hydrogen) atoms. The molecule has 0 aliphatic carbocycles. The second kappa shape index (κ2) is 8.00. The second-order valence-corrected chi connectivity index (χ2v) is 10.1. The highest BCUT2D eigenvalue weighted by atomic mass is 16.5. The molecule has 0 radical (unpaired) electrons. The SMILES string of the molecule is CC(C)(C)c1cc([C@H](c2ccc(O)cc2)N2CCOCC2)cc(C(C)(C)C)c1O. The van der Waals surface area contributed by atoms with E-state index in [1.54, 1.807) is 12.1 Å². The van der Waals surface area contributed by atoms with Crippen molar-refractivity contribution < 1.29 is 14.9 Å². The molecule has 4 nitrogen and oxygen atoms in total. The monoisotopic (exact) mass is 397 g/mol. The molecule has 0 amide bonds. The lowest BCUT2D eigenvalue weighted by Crippen LogP contribution is -2.39. The zero-order chi connectivity index (χ0) is 21.4. The number of rotatable bonds is 3. The minimum absolute atomic E-state index is 0.0438. The Morgan fingerprint density at radius 2 is 1.28 bits per heavy atom. The summed E-state index contributed by atoms with van der Waals surface area (Å²) in [6, 6.07) is 11.9. The second-order valence-electron chi connectivity index (χ2n) is 10.1. The average molecular weight is 398 g/mol. The maximum atomic E-state index is 11.1. The third kappa shape index (κ3) is 4.76. The van der Waals surface area contributed by atoms with Crippen molar-refractivity contribution in [3.05, 3.63) is 58.7 Å². The number of hydrogen-bond acceptors (Lipinski definition) is 4. The summed E-state index contributed by atoms with van der Waals surface area (Å²) in [5, 5.41) is 20.9. The van der Waals surface area contributed by atoms with Crippen molar-refractivity contribution in [3.63, 3.8) is 0 Å². The van der Waals surface area contributed by atoms with Gasteiger partial charge in [0.05, 0.1) is 19.3 Å². The van der Waals surface area contributed by atoms with E-state index >= 15 is 0 Å². The van der Waals surface area contributed by atoms with Crippen LogP contribution in [0.3, 0.4) is 0 Å². The van der Waals surface area contributed by atoms with Crippen LogP contribution >= 0.6 is 0 Å². The van der Waals surface area contributed by atoms with Crippen molar-refractivity contribution in [1.82, 2.24) is 4.90 Å². The molecule has 0 aromatic heterocycles. The number of hydrogen-bond donors (Lipinski definition) is 2. The molecule has 1 saturated heterocycles. The van der Waals surface area contributed by atoms with Crippen LogP contribution in [-0.2, 0) is 15.6 Å². The zero-order valence-corrected chi connectivity index (χ0v) is 18.6. The lowest BCUT2D eigenvalue weighted by molar-refractivity contribution is 0.0239. The fourth-order valence-corrected chi connectivity index (χ4v) is 4.06. The number of phenolic OH excluding ortho intramolecular Hbond substituents is 2. The van der Waals surface area contributed by atoms with Gasteiger partial charge in [0, 0.05) is 13.1 Å². The van der Waals surface area contributed by atoms with E-state index in [0.29, 0.717) is 19.0 Å². The van der Waals surface area contributed by atoms with Gasteiger partial charge in [-0.3, -0.25) is 4.90 Å². The van der Waals surface area contributed by atoms with Crippen LogP contribution in [0.15, 0.2) is 36.4 Å². The van der Waals surface area contributed by atoms with E-state index in [9.17, 15) is 10.2 Å². The summed E-state index contributed by atoms with van der Waals surface area (Å²) in [5.41, 5.74) is 3.89. The van der Waals surface area contributed by atoms with Gasteiger partial charge in [0.1, 0.15) is 11.5 Å². The summed E-state index contributed by atoms with van der Waals surface area (Å²) < 4.78 is 5.59. The molecule has 3 rings (SSSR count). The topological polar surface area (TPSA) is 52.9 Å². The summed E-state index contributed by atoms with van der Waals surface area (Å²) in [7, 11) is 0. The van der Waals surface area contributed by atoms with Crippen molar-refractivity contribution in [2.75, 3.05) is 26.3 Å². The molecule has 4 heteroatoms. The Hall–Kier alpha value is -2.04. The highest BCUT2D eigenvalue weighted by Crippen LogP contribution is 2.43. The predicted octanol–water partition coefficient (Wildman–Crippen LogP) is 5.11. The molecular formula is C25H35NO3. The maximum Gasteiger partial charge on any atom is 0.123 e. The van der Waals surface area contributed by atoms with Gasteiger partial charge in [-0.15, -0.1) is 0 Å². The van der Waals surface area contributed by atoms with Gasteiger partial charge in [0.25, 0.3) is 0 Å². The first-order valence-electron chi connectivity index (χ1n) is 10.5. The molecule has 1 aliphatic rings. The first-order valence-corrected chi connectivity index (χ1v) is 10.5. The normalized spacial score (nSPS) is 17.3. The third-order valence-corrected chi connectivity index (χ3v) is 5.68. The lowest BCUT2D eigenvalue weighted by Gasteiger charge is -2.37. The number of nitrogens with zero attached hydrogens (tertiary/aromatic N) is 1. The van der Waals surface area contributed by atoms with Crippen molar-refractivity contribution in [2.24, 2.45) is 0 Å².